The molecule has 3 nitrogen and oxygen atoms in total. The molecule has 0 aliphatic rings. The Morgan fingerprint density at radius 3 is 2.67 bits per heavy atom. The summed E-state index contributed by atoms with van der Waals surface area (Å²) in [5.41, 5.74) is -1.26. The highest BCUT2D eigenvalue weighted by Crippen LogP contribution is 2.28. The van der Waals surface area contributed by atoms with Crippen LogP contribution in [0, 0.1) is 0 Å². The molecule has 7 heteroatoms. The van der Waals surface area contributed by atoms with Crippen LogP contribution < -0.4 is 0 Å². The number of rotatable bonds is 3. The van der Waals surface area contributed by atoms with Gasteiger partial charge in [0.1, 0.15) is 5.69 Å². The maximum Gasteiger partial charge on any atom is 0.433 e. The first-order chi connectivity index (χ1) is 8.40. The molecular weight excluding hydrogens is 271 g/mol. The van der Waals surface area contributed by atoms with Gasteiger partial charge in [-0.2, -0.15) is 13.2 Å². The molecule has 0 aliphatic heterocycles. The number of aromatic nitrogens is 1. The minimum Gasteiger partial charge on any atom is -0.465 e. The van der Waals surface area contributed by atoms with Gasteiger partial charge in [0, 0.05) is 5.88 Å². The smallest absolute Gasteiger partial charge is 0.433 e. The quantitative estimate of drug-likeness (QED) is 0.630. The van der Waals surface area contributed by atoms with Crippen LogP contribution in [-0.2, 0) is 10.9 Å². The normalized spacial score (nSPS) is 11.8. The van der Waals surface area contributed by atoms with Crippen LogP contribution in [0.5, 0.6) is 0 Å². The van der Waals surface area contributed by atoms with Gasteiger partial charge in [-0.05, 0) is 18.2 Å². The number of allylic oxidation sites excluding steroid dienone is 1. The maximum absolute atomic E-state index is 12.5. The van der Waals surface area contributed by atoms with Crippen molar-refractivity contribution in [3.63, 3.8) is 0 Å². The number of alkyl halides is 4. The highest BCUT2D eigenvalue weighted by atomic mass is 35.5. The molecule has 1 rings (SSSR count). The fourth-order valence-corrected chi connectivity index (χ4v) is 1.29. The summed E-state index contributed by atoms with van der Waals surface area (Å²) in [7, 11) is 1.13. The number of nitrogens with zero attached hydrogens (tertiary/aromatic N) is 1. The number of ether oxygens (including phenoxy) is 1. The van der Waals surface area contributed by atoms with Crippen molar-refractivity contribution in [2.75, 3.05) is 13.0 Å². The molecule has 0 saturated carbocycles. The average Bonchev–Trinajstić information content (AvgIpc) is 2.34. The molecule has 0 fully saturated rings. The van der Waals surface area contributed by atoms with Gasteiger partial charge in [-0.15, -0.1) is 11.6 Å². The van der Waals surface area contributed by atoms with E-state index in [4.69, 9.17) is 11.6 Å². The van der Waals surface area contributed by atoms with Gasteiger partial charge in [-0.25, -0.2) is 9.78 Å². The van der Waals surface area contributed by atoms with Crippen LogP contribution in [0.3, 0.4) is 0 Å². The Morgan fingerprint density at radius 1 is 1.50 bits per heavy atom. The first-order valence-corrected chi connectivity index (χ1v) is 5.32. The third kappa shape index (κ3) is 3.46. The van der Waals surface area contributed by atoms with Gasteiger partial charge in [-0.3, -0.25) is 0 Å². The number of pyridine rings is 1. The zero-order valence-electron chi connectivity index (χ0n) is 9.29. The summed E-state index contributed by atoms with van der Waals surface area (Å²) < 4.78 is 41.9. The lowest BCUT2D eigenvalue weighted by molar-refractivity contribution is -0.141. The van der Waals surface area contributed by atoms with Crippen molar-refractivity contribution >= 4 is 23.6 Å². The van der Waals surface area contributed by atoms with Crippen molar-refractivity contribution in [3.05, 3.63) is 35.2 Å². The SMILES string of the molecule is COC(=O)c1ccc(C(F)(F)F)nc1/C=C/CCl. The third-order valence-corrected chi connectivity index (χ3v) is 2.16. The van der Waals surface area contributed by atoms with E-state index in [-0.39, 0.29) is 17.1 Å². The standard InChI is InChI=1S/C11H9ClF3NO2/c1-18-10(17)7-4-5-9(11(13,14)15)16-8(7)3-2-6-12/h2-5H,6H2,1H3/b3-2+. The Bertz CT molecular complexity index is 472. The Kier molecular flexibility index (Phi) is 4.72. The molecule has 18 heavy (non-hydrogen) atoms. The summed E-state index contributed by atoms with van der Waals surface area (Å²) in [4.78, 5) is 14.7. The molecule has 0 spiro atoms. The predicted molar refractivity (Wildman–Crippen MR) is 60.3 cm³/mol. The molecule has 0 aromatic carbocycles. The Morgan fingerprint density at radius 2 is 2.17 bits per heavy atom. The minimum absolute atomic E-state index is 0.0492. The zero-order chi connectivity index (χ0) is 13.8. The molecule has 98 valence electrons. The molecule has 1 heterocycles. The lowest BCUT2D eigenvalue weighted by atomic mass is 10.1. The maximum atomic E-state index is 12.5. The van der Waals surface area contributed by atoms with Crippen molar-refractivity contribution in [1.29, 1.82) is 0 Å². The highest BCUT2D eigenvalue weighted by Gasteiger charge is 2.33. The van der Waals surface area contributed by atoms with E-state index in [1.807, 2.05) is 0 Å². The van der Waals surface area contributed by atoms with E-state index in [1.54, 1.807) is 0 Å². The Balaban J connectivity index is 3.29. The summed E-state index contributed by atoms with van der Waals surface area (Å²) in [6.45, 7) is 0. The number of halogens is 4. The Hall–Kier alpha value is -1.56. The van der Waals surface area contributed by atoms with Crippen molar-refractivity contribution < 1.29 is 22.7 Å². The second-order valence-electron chi connectivity index (χ2n) is 3.18. The van der Waals surface area contributed by atoms with Crippen LogP contribution in [0.1, 0.15) is 21.7 Å². The van der Waals surface area contributed by atoms with Crippen molar-refractivity contribution in [2.24, 2.45) is 0 Å². The van der Waals surface area contributed by atoms with E-state index in [2.05, 4.69) is 9.72 Å². The van der Waals surface area contributed by atoms with E-state index in [0.29, 0.717) is 0 Å². The number of carbonyl (C=O) groups is 1. The molecule has 0 saturated heterocycles. The summed E-state index contributed by atoms with van der Waals surface area (Å²) in [6.07, 6.45) is -1.94. The monoisotopic (exact) mass is 279 g/mol. The van der Waals surface area contributed by atoms with Gasteiger partial charge >= 0.3 is 12.1 Å². The first-order valence-electron chi connectivity index (χ1n) is 4.79. The van der Waals surface area contributed by atoms with Crippen LogP contribution in [0.4, 0.5) is 13.2 Å². The van der Waals surface area contributed by atoms with Crippen LogP contribution in [-0.4, -0.2) is 23.9 Å². The van der Waals surface area contributed by atoms with Gasteiger partial charge in [0.15, 0.2) is 0 Å². The third-order valence-electron chi connectivity index (χ3n) is 1.99. The molecular formula is C11H9ClF3NO2. The number of hydrogen-bond acceptors (Lipinski definition) is 3. The molecule has 1 aromatic rings. The van der Waals surface area contributed by atoms with Gasteiger partial charge in [0.25, 0.3) is 0 Å². The fourth-order valence-electron chi connectivity index (χ4n) is 1.20. The van der Waals surface area contributed by atoms with Crippen molar-refractivity contribution in [1.82, 2.24) is 4.98 Å². The fraction of sp³-hybridized carbons (Fsp3) is 0.273. The largest absolute Gasteiger partial charge is 0.465 e. The van der Waals surface area contributed by atoms with Crippen LogP contribution in [0.15, 0.2) is 18.2 Å². The first kappa shape index (κ1) is 14.5. The van der Waals surface area contributed by atoms with E-state index < -0.39 is 17.8 Å². The van der Waals surface area contributed by atoms with E-state index in [0.717, 1.165) is 19.2 Å². The molecule has 0 amide bonds. The molecule has 0 radical (unpaired) electrons. The summed E-state index contributed by atoms with van der Waals surface area (Å²) in [5.74, 6) is -0.663. The summed E-state index contributed by atoms with van der Waals surface area (Å²) in [6, 6.07) is 1.75. The van der Waals surface area contributed by atoms with Gasteiger partial charge in [0.05, 0.1) is 18.4 Å². The second-order valence-corrected chi connectivity index (χ2v) is 3.48. The second kappa shape index (κ2) is 5.86. The predicted octanol–water partition coefficient (Wildman–Crippen LogP) is 3.14. The van der Waals surface area contributed by atoms with E-state index >= 15 is 0 Å². The van der Waals surface area contributed by atoms with Gasteiger partial charge in [0.2, 0.25) is 0 Å². The number of hydrogen-bond donors (Lipinski definition) is 0. The highest BCUT2D eigenvalue weighted by molar-refractivity contribution is 6.19. The van der Waals surface area contributed by atoms with E-state index in [1.165, 1.54) is 12.2 Å². The average molecular weight is 280 g/mol. The van der Waals surface area contributed by atoms with E-state index in [9.17, 15) is 18.0 Å². The topological polar surface area (TPSA) is 39.2 Å². The Labute approximate surface area is 106 Å². The van der Waals surface area contributed by atoms with Gasteiger partial charge in [-0.1, -0.05) is 6.08 Å². The lowest BCUT2D eigenvalue weighted by Gasteiger charge is -2.09. The molecule has 0 bridgehead atoms. The lowest BCUT2D eigenvalue weighted by Crippen LogP contribution is -2.12. The molecule has 0 N–H and O–H groups in total. The number of methoxy groups -OCH3 is 1. The molecule has 0 atom stereocenters. The number of carbonyl (C=O) groups excluding carboxylic acids is 1. The molecule has 0 unspecified atom stereocenters. The van der Waals surface area contributed by atoms with Gasteiger partial charge < -0.3 is 4.74 Å². The zero-order valence-corrected chi connectivity index (χ0v) is 10.0. The number of esters is 1. The van der Waals surface area contributed by atoms with Crippen LogP contribution in [0.2, 0.25) is 0 Å². The summed E-state index contributed by atoms with van der Waals surface area (Å²) >= 11 is 5.39. The van der Waals surface area contributed by atoms with Crippen LogP contribution >= 0.6 is 11.6 Å². The minimum atomic E-state index is -4.57. The molecule has 0 aliphatic carbocycles. The van der Waals surface area contributed by atoms with Crippen LogP contribution in [0.25, 0.3) is 6.08 Å². The summed E-state index contributed by atoms with van der Waals surface area (Å²) in [5, 5.41) is 0. The van der Waals surface area contributed by atoms with Crippen molar-refractivity contribution in [3.8, 4) is 0 Å². The molecule has 1 aromatic heterocycles. The van der Waals surface area contributed by atoms with Crippen molar-refractivity contribution in [2.45, 2.75) is 6.18 Å².